The number of benzene rings is 1. The Morgan fingerprint density at radius 3 is 2.55 bits per heavy atom. The molecular weight excluding hydrogens is 506 g/mol. The SMILES string of the molecule is CCOC(=O)c1cn(-c2ccc(-c3cn4ccccc4n3)cc2)nc1N(C(=O)[C@H]1CC[C@H](C)CC1)C1CCOC1. The fraction of sp³-hybridized carbons (Fsp3) is 0.419. The number of esters is 1. The van der Waals surface area contributed by atoms with Gasteiger partial charge in [0.2, 0.25) is 5.91 Å². The third-order valence-corrected chi connectivity index (χ3v) is 8.08. The van der Waals surface area contributed by atoms with E-state index in [2.05, 4.69) is 6.92 Å². The number of hydrogen-bond donors (Lipinski definition) is 0. The molecule has 4 aromatic rings. The third-order valence-electron chi connectivity index (χ3n) is 8.08. The van der Waals surface area contributed by atoms with Crippen LogP contribution in [0.25, 0.3) is 22.6 Å². The van der Waals surface area contributed by atoms with E-state index in [0.29, 0.717) is 31.4 Å². The quantitative estimate of drug-likeness (QED) is 0.295. The molecule has 1 aliphatic carbocycles. The molecule has 1 amide bonds. The monoisotopic (exact) mass is 541 g/mol. The zero-order valence-electron chi connectivity index (χ0n) is 23.0. The lowest BCUT2D eigenvalue weighted by Crippen LogP contribution is -2.46. The van der Waals surface area contributed by atoms with Crippen LogP contribution in [-0.4, -0.2) is 56.9 Å². The number of rotatable bonds is 7. The number of ether oxygens (including phenoxy) is 2. The molecule has 0 bridgehead atoms. The fourth-order valence-corrected chi connectivity index (χ4v) is 5.77. The van der Waals surface area contributed by atoms with Crippen LogP contribution in [0.1, 0.15) is 56.3 Å². The van der Waals surface area contributed by atoms with Crippen LogP contribution in [0.2, 0.25) is 0 Å². The van der Waals surface area contributed by atoms with Crippen molar-refractivity contribution in [3.8, 4) is 16.9 Å². The molecule has 4 heterocycles. The maximum Gasteiger partial charge on any atom is 0.343 e. The molecule has 1 atom stereocenters. The number of fused-ring (bicyclic) bond motifs is 1. The Hall–Kier alpha value is -3.98. The smallest absolute Gasteiger partial charge is 0.343 e. The van der Waals surface area contributed by atoms with Gasteiger partial charge in [-0.2, -0.15) is 0 Å². The van der Waals surface area contributed by atoms with Crippen LogP contribution >= 0.6 is 0 Å². The van der Waals surface area contributed by atoms with Gasteiger partial charge in [-0.05, 0) is 69.2 Å². The minimum absolute atomic E-state index is 0.0281. The second-order valence-electron chi connectivity index (χ2n) is 10.9. The van der Waals surface area contributed by atoms with Gasteiger partial charge >= 0.3 is 5.97 Å². The topological polar surface area (TPSA) is 91.0 Å². The van der Waals surface area contributed by atoms with Crippen molar-refractivity contribution >= 4 is 23.3 Å². The van der Waals surface area contributed by atoms with Crippen molar-refractivity contribution in [1.82, 2.24) is 19.2 Å². The lowest BCUT2D eigenvalue weighted by Gasteiger charge is -2.33. The van der Waals surface area contributed by atoms with Crippen LogP contribution in [0.5, 0.6) is 0 Å². The number of hydrogen-bond acceptors (Lipinski definition) is 6. The van der Waals surface area contributed by atoms with Crippen molar-refractivity contribution in [3.63, 3.8) is 0 Å². The molecular formula is C31H35N5O4. The molecule has 3 aromatic heterocycles. The van der Waals surface area contributed by atoms with Gasteiger partial charge in [0.15, 0.2) is 5.82 Å². The fourth-order valence-electron chi connectivity index (χ4n) is 5.77. The van der Waals surface area contributed by atoms with Gasteiger partial charge in [0, 0.05) is 36.7 Å². The highest BCUT2D eigenvalue weighted by Gasteiger charge is 2.38. The molecule has 1 saturated carbocycles. The molecule has 9 nitrogen and oxygen atoms in total. The predicted octanol–water partition coefficient (Wildman–Crippen LogP) is 5.31. The lowest BCUT2D eigenvalue weighted by atomic mass is 9.82. The standard InChI is InChI=1S/C31H35N5O4/c1-3-40-31(38)26-18-35(24-13-11-22(12-14-24)27-19-34-16-5-4-6-28(34)32-27)33-29(26)36(25-15-17-39-20-25)30(37)23-9-7-21(2)8-10-23/h4-6,11-14,16,18-19,21,23,25H,3,7-10,15,17,20H2,1-2H3/t21-,23-,25?. The van der Waals surface area contributed by atoms with Gasteiger partial charge in [0.25, 0.3) is 0 Å². The number of pyridine rings is 1. The molecule has 0 N–H and O–H groups in total. The highest BCUT2D eigenvalue weighted by Crippen LogP contribution is 2.34. The van der Waals surface area contributed by atoms with Crippen molar-refractivity contribution in [3.05, 3.63) is 66.6 Å². The Morgan fingerprint density at radius 2 is 1.85 bits per heavy atom. The highest BCUT2D eigenvalue weighted by molar-refractivity contribution is 6.02. The van der Waals surface area contributed by atoms with Gasteiger partial charge in [0.1, 0.15) is 11.2 Å². The number of carbonyl (C=O) groups excluding carboxylic acids is 2. The maximum absolute atomic E-state index is 14.0. The minimum atomic E-state index is -0.487. The molecule has 1 aliphatic heterocycles. The molecule has 208 valence electrons. The second-order valence-corrected chi connectivity index (χ2v) is 10.9. The zero-order valence-corrected chi connectivity index (χ0v) is 23.0. The number of imidazole rings is 1. The van der Waals surface area contributed by atoms with Crippen LogP contribution in [0.3, 0.4) is 0 Å². The first kappa shape index (κ1) is 26.3. The number of amides is 1. The number of carbonyl (C=O) groups is 2. The van der Waals surface area contributed by atoms with Crippen molar-refractivity contribution < 1.29 is 19.1 Å². The summed E-state index contributed by atoms with van der Waals surface area (Å²) in [6, 6.07) is 13.6. The summed E-state index contributed by atoms with van der Waals surface area (Å²) in [5, 5.41) is 4.84. The summed E-state index contributed by atoms with van der Waals surface area (Å²) in [5.41, 5.74) is 3.77. The van der Waals surface area contributed by atoms with Gasteiger partial charge in [-0.3, -0.25) is 9.69 Å². The molecule has 9 heteroatoms. The second kappa shape index (κ2) is 11.3. The Morgan fingerprint density at radius 1 is 1.05 bits per heavy atom. The lowest BCUT2D eigenvalue weighted by molar-refractivity contribution is -0.124. The molecule has 1 saturated heterocycles. The first-order valence-electron chi connectivity index (χ1n) is 14.2. The van der Waals surface area contributed by atoms with E-state index in [4.69, 9.17) is 19.6 Å². The van der Waals surface area contributed by atoms with Gasteiger partial charge in [0.05, 0.1) is 30.6 Å². The van der Waals surface area contributed by atoms with Crippen LogP contribution in [-0.2, 0) is 14.3 Å². The van der Waals surface area contributed by atoms with Crippen molar-refractivity contribution in [2.24, 2.45) is 11.8 Å². The van der Waals surface area contributed by atoms with E-state index in [1.54, 1.807) is 22.7 Å². The van der Waals surface area contributed by atoms with Gasteiger partial charge < -0.3 is 13.9 Å². The van der Waals surface area contributed by atoms with E-state index in [-0.39, 0.29) is 30.0 Å². The van der Waals surface area contributed by atoms with Crippen LogP contribution in [0, 0.1) is 11.8 Å². The van der Waals surface area contributed by atoms with E-state index in [9.17, 15) is 9.59 Å². The average molecular weight is 542 g/mol. The molecule has 1 aromatic carbocycles. The maximum atomic E-state index is 14.0. The van der Waals surface area contributed by atoms with Gasteiger partial charge in [-0.1, -0.05) is 25.1 Å². The molecule has 40 heavy (non-hydrogen) atoms. The minimum Gasteiger partial charge on any atom is -0.462 e. The third kappa shape index (κ3) is 5.13. The van der Waals surface area contributed by atoms with Crippen molar-refractivity contribution in [2.45, 2.75) is 52.0 Å². The summed E-state index contributed by atoms with van der Waals surface area (Å²) in [7, 11) is 0. The van der Waals surface area contributed by atoms with Crippen LogP contribution < -0.4 is 4.90 Å². The summed E-state index contributed by atoms with van der Waals surface area (Å²) in [6.45, 7) is 5.26. The average Bonchev–Trinajstić information content (AvgIpc) is 3.74. The van der Waals surface area contributed by atoms with Crippen LogP contribution in [0.4, 0.5) is 5.82 Å². The Bertz CT molecular complexity index is 1460. The predicted molar refractivity (Wildman–Crippen MR) is 152 cm³/mol. The summed E-state index contributed by atoms with van der Waals surface area (Å²) in [6.07, 6.45) is 10.1. The molecule has 2 fully saturated rings. The van der Waals surface area contributed by atoms with E-state index < -0.39 is 5.97 Å². The molecule has 0 radical (unpaired) electrons. The Kier molecular flexibility index (Phi) is 7.38. The number of anilines is 1. The number of aromatic nitrogens is 4. The van der Waals surface area contributed by atoms with E-state index in [1.165, 1.54) is 0 Å². The summed E-state index contributed by atoms with van der Waals surface area (Å²) in [5.74, 6) is 0.438. The van der Waals surface area contributed by atoms with Crippen molar-refractivity contribution in [2.75, 3.05) is 24.7 Å². The van der Waals surface area contributed by atoms with Gasteiger partial charge in [-0.25, -0.2) is 14.5 Å². The first-order valence-corrected chi connectivity index (χ1v) is 14.2. The van der Waals surface area contributed by atoms with E-state index in [1.807, 2.05) is 59.3 Å². The Labute approximate surface area is 233 Å². The molecule has 0 spiro atoms. The first-order chi connectivity index (χ1) is 19.5. The van der Waals surface area contributed by atoms with Crippen LogP contribution in [0.15, 0.2) is 61.1 Å². The van der Waals surface area contributed by atoms with Crippen molar-refractivity contribution in [1.29, 1.82) is 0 Å². The van der Waals surface area contributed by atoms with E-state index >= 15 is 0 Å². The summed E-state index contributed by atoms with van der Waals surface area (Å²) < 4.78 is 14.7. The zero-order chi connectivity index (χ0) is 27.6. The van der Waals surface area contributed by atoms with Gasteiger partial charge in [-0.15, -0.1) is 5.10 Å². The van der Waals surface area contributed by atoms with E-state index in [0.717, 1.165) is 48.3 Å². The largest absolute Gasteiger partial charge is 0.462 e. The molecule has 6 rings (SSSR count). The normalized spacial score (nSPS) is 21.0. The summed E-state index contributed by atoms with van der Waals surface area (Å²) >= 11 is 0. The summed E-state index contributed by atoms with van der Waals surface area (Å²) in [4.78, 5) is 33.6. The highest BCUT2D eigenvalue weighted by atomic mass is 16.5. The number of nitrogens with zero attached hydrogens (tertiary/aromatic N) is 5. The Balaban J connectivity index is 1.35. The molecule has 2 aliphatic rings. The molecule has 1 unspecified atom stereocenters.